The molecule has 1 aliphatic carbocycles. The lowest BCUT2D eigenvalue weighted by atomic mass is 10.0. The zero-order valence-corrected chi connectivity index (χ0v) is 19.2. The molecular formula is C25H18N6O6. The maximum atomic E-state index is 13.4. The summed E-state index contributed by atoms with van der Waals surface area (Å²) in [5.74, 6) is -0.400. The first-order valence-electron chi connectivity index (χ1n) is 10.9. The van der Waals surface area contributed by atoms with E-state index in [-0.39, 0.29) is 28.3 Å². The monoisotopic (exact) mass is 498 g/mol. The number of amides is 3. The highest BCUT2D eigenvalue weighted by atomic mass is 16.6. The van der Waals surface area contributed by atoms with Gasteiger partial charge in [-0.2, -0.15) is 5.10 Å². The van der Waals surface area contributed by atoms with Gasteiger partial charge in [-0.3, -0.25) is 30.2 Å². The molecule has 12 heteroatoms. The number of H-pyrrole nitrogens is 1. The van der Waals surface area contributed by atoms with Gasteiger partial charge in [-0.05, 0) is 36.4 Å². The van der Waals surface area contributed by atoms with Crippen LogP contribution < -0.4 is 20.9 Å². The number of hydrogen-bond acceptors (Lipinski definition) is 7. The van der Waals surface area contributed by atoms with Crippen LogP contribution in [0.25, 0.3) is 22.5 Å². The quantitative estimate of drug-likeness (QED) is 0.212. The fraction of sp³-hybridized carbons (Fsp3) is 0.0400. The van der Waals surface area contributed by atoms with Crippen molar-refractivity contribution in [2.24, 2.45) is 0 Å². The van der Waals surface area contributed by atoms with E-state index in [1.54, 1.807) is 49.6 Å². The number of benzene rings is 3. The van der Waals surface area contributed by atoms with Crippen molar-refractivity contribution in [3.63, 3.8) is 0 Å². The lowest BCUT2D eigenvalue weighted by molar-refractivity contribution is -0.384. The lowest BCUT2D eigenvalue weighted by Crippen LogP contribution is -2.44. The van der Waals surface area contributed by atoms with E-state index in [9.17, 15) is 24.5 Å². The number of ether oxygens (including phenoxy) is 1. The molecule has 0 saturated heterocycles. The van der Waals surface area contributed by atoms with Crippen LogP contribution >= 0.6 is 0 Å². The van der Waals surface area contributed by atoms with Crippen molar-refractivity contribution in [3.8, 4) is 28.3 Å². The molecule has 4 aromatic rings. The average molecular weight is 498 g/mol. The number of methoxy groups -OCH3 is 1. The van der Waals surface area contributed by atoms with Crippen LogP contribution in [-0.4, -0.2) is 40.0 Å². The van der Waals surface area contributed by atoms with Gasteiger partial charge in [0.15, 0.2) is 5.78 Å². The van der Waals surface area contributed by atoms with Gasteiger partial charge in [0.1, 0.15) is 11.4 Å². The second-order valence-electron chi connectivity index (χ2n) is 7.95. The van der Waals surface area contributed by atoms with Crippen LogP contribution in [-0.2, 0) is 0 Å². The molecule has 0 radical (unpaired) electrons. The van der Waals surface area contributed by atoms with Crippen molar-refractivity contribution in [2.75, 3.05) is 12.4 Å². The van der Waals surface area contributed by atoms with Gasteiger partial charge in [-0.15, -0.1) is 0 Å². The number of nitrogens with zero attached hydrogens (tertiary/aromatic N) is 2. The van der Waals surface area contributed by atoms with Gasteiger partial charge in [0.2, 0.25) is 0 Å². The van der Waals surface area contributed by atoms with Crippen LogP contribution in [0, 0.1) is 10.1 Å². The molecule has 3 aromatic carbocycles. The van der Waals surface area contributed by atoms with E-state index in [0.717, 1.165) is 11.6 Å². The van der Waals surface area contributed by atoms with Crippen molar-refractivity contribution in [1.82, 2.24) is 21.0 Å². The van der Waals surface area contributed by atoms with E-state index in [0.29, 0.717) is 28.3 Å². The Morgan fingerprint density at radius 3 is 2.49 bits per heavy atom. The summed E-state index contributed by atoms with van der Waals surface area (Å²) in [5.41, 5.74) is 7.26. The summed E-state index contributed by atoms with van der Waals surface area (Å²) in [5, 5.41) is 20.7. The highest BCUT2D eigenvalue weighted by molar-refractivity contribution is 6.27. The van der Waals surface area contributed by atoms with E-state index in [4.69, 9.17) is 4.74 Å². The number of ketones is 1. The Labute approximate surface area is 208 Å². The number of nitro groups is 1. The van der Waals surface area contributed by atoms with E-state index >= 15 is 0 Å². The summed E-state index contributed by atoms with van der Waals surface area (Å²) in [6.07, 6.45) is 0. The predicted molar refractivity (Wildman–Crippen MR) is 132 cm³/mol. The average Bonchev–Trinajstić information content (AvgIpc) is 3.47. The highest BCUT2D eigenvalue weighted by Gasteiger charge is 2.35. The van der Waals surface area contributed by atoms with Crippen LogP contribution in [0.15, 0.2) is 66.7 Å². The number of aromatic nitrogens is 2. The summed E-state index contributed by atoms with van der Waals surface area (Å²) in [6.45, 7) is 0. The molecular weight excluding hydrogens is 480 g/mol. The van der Waals surface area contributed by atoms with Crippen molar-refractivity contribution in [2.45, 2.75) is 0 Å². The smallest absolute Gasteiger partial charge is 0.337 e. The Bertz CT molecular complexity index is 1580. The molecule has 0 bridgehead atoms. The molecule has 3 amide bonds. The summed E-state index contributed by atoms with van der Waals surface area (Å²) in [6, 6.07) is 16.3. The number of anilines is 1. The second kappa shape index (κ2) is 9.26. The van der Waals surface area contributed by atoms with E-state index in [1.807, 2.05) is 0 Å². The number of carbonyl (C=O) groups is 3. The first-order valence-corrected chi connectivity index (χ1v) is 10.9. The number of fused-ring (bicyclic) bond motifs is 3. The van der Waals surface area contributed by atoms with E-state index < -0.39 is 16.9 Å². The molecule has 0 unspecified atom stereocenters. The van der Waals surface area contributed by atoms with Crippen molar-refractivity contribution in [1.29, 1.82) is 0 Å². The van der Waals surface area contributed by atoms with Crippen LogP contribution in [0.5, 0.6) is 5.75 Å². The minimum absolute atomic E-state index is 0.0124. The predicted octanol–water partition coefficient (Wildman–Crippen LogP) is 3.67. The molecule has 0 atom stereocenters. The van der Waals surface area contributed by atoms with Gasteiger partial charge in [0.05, 0.1) is 34.5 Å². The first-order chi connectivity index (χ1) is 17.9. The largest absolute Gasteiger partial charge is 0.497 e. The number of nitro benzene ring substituents is 1. The lowest BCUT2D eigenvalue weighted by Gasteiger charge is -2.12. The number of carbonyl (C=O) groups excluding carboxylic acids is 3. The van der Waals surface area contributed by atoms with E-state index in [2.05, 4.69) is 26.4 Å². The third kappa shape index (κ3) is 4.23. The zero-order chi connectivity index (χ0) is 26.1. The maximum absolute atomic E-state index is 13.4. The molecule has 1 aliphatic rings. The number of aromatic amines is 1. The van der Waals surface area contributed by atoms with Crippen molar-refractivity contribution < 1.29 is 24.0 Å². The summed E-state index contributed by atoms with van der Waals surface area (Å²) < 4.78 is 5.19. The van der Waals surface area contributed by atoms with Crippen molar-refractivity contribution >= 4 is 29.1 Å². The number of hydrazine groups is 1. The molecule has 4 N–H and O–H groups in total. The van der Waals surface area contributed by atoms with Gasteiger partial charge in [-0.25, -0.2) is 10.2 Å². The fourth-order valence-corrected chi connectivity index (χ4v) is 4.05. The van der Waals surface area contributed by atoms with Crippen LogP contribution in [0.3, 0.4) is 0 Å². The van der Waals surface area contributed by atoms with Gasteiger partial charge < -0.3 is 10.1 Å². The second-order valence-corrected chi connectivity index (χ2v) is 7.95. The van der Waals surface area contributed by atoms with Gasteiger partial charge in [-0.1, -0.05) is 18.2 Å². The Morgan fingerprint density at radius 1 is 1.00 bits per heavy atom. The minimum Gasteiger partial charge on any atom is -0.497 e. The third-order valence-electron chi connectivity index (χ3n) is 5.78. The SMILES string of the molecule is COc1ccc(-c2[nH]nc3c2C(=O)c2c(NC(=O)NNC(=O)c4cccc([N+](=O)[O-])c4)cccc2-3)cc1. The maximum Gasteiger partial charge on any atom is 0.337 e. The number of non-ortho nitro benzene ring substituents is 1. The Kier molecular flexibility index (Phi) is 5.82. The Hall–Kier alpha value is -5.52. The number of hydrogen-bond donors (Lipinski definition) is 4. The summed E-state index contributed by atoms with van der Waals surface area (Å²) in [4.78, 5) is 48.5. The highest BCUT2D eigenvalue weighted by Crippen LogP contribution is 2.43. The molecule has 184 valence electrons. The molecule has 0 spiro atoms. The van der Waals surface area contributed by atoms with E-state index in [1.165, 1.54) is 18.2 Å². The topological polar surface area (TPSA) is 168 Å². The summed E-state index contributed by atoms with van der Waals surface area (Å²) >= 11 is 0. The Morgan fingerprint density at radius 2 is 1.76 bits per heavy atom. The fourth-order valence-electron chi connectivity index (χ4n) is 4.05. The van der Waals surface area contributed by atoms with Crippen LogP contribution in [0.1, 0.15) is 26.3 Å². The number of rotatable bonds is 5. The number of urea groups is 1. The molecule has 1 heterocycles. The molecule has 0 fully saturated rings. The van der Waals surface area contributed by atoms with Crippen LogP contribution in [0.2, 0.25) is 0 Å². The van der Waals surface area contributed by atoms with Gasteiger partial charge in [0, 0.05) is 28.8 Å². The third-order valence-corrected chi connectivity index (χ3v) is 5.78. The molecule has 0 saturated carbocycles. The minimum atomic E-state index is -0.818. The molecule has 37 heavy (non-hydrogen) atoms. The van der Waals surface area contributed by atoms with Gasteiger partial charge >= 0.3 is 6.03 Å². The molecule has 1 aromatic heterocycles. The van der Waals surface area contributed by atoms with Crippen LogP contribution in [0.4, 0.5) is 16.2 Å². The molecule has 0 aliphatic heterocycles. The normalized spacial score (nSPS) is 11.3. The molecule has 12 nitrogen and oxygen atoms in total. The van der Waals surface area contributed by atoms with Crippen molar-refractivity contribution in [3.05, 3.63) is 93.5 Å². The van der Waals surface area contributed by atoms with Gasteiger partial charge in [0.25, 0.3) is 11.6 Å². The first kappa shape index (κ1) is 23.2. The summed E-state index contributed by atoms with van der Waals surface area (Å²) in [7, 11) is 1.56. The number of nitrogens with one attached hydrogen (secondary N) is 4. The molecule has 5 rings (SSSR count). The Balaban J connectivity index is 1.33. The zero-order valence-electron chi connectivity index (χ0n) is 19.2. The standard InChI is InChI=1S/C25H18N6O6/c1-37-16-10-8-13(9-11-16)21-20-22(28-27-21)17-6-3-7-18(19(17)23(20)32)26-25(34)30-29-24(33)14-4-2-5-15(12-14)31(35)36/h2-12H,1H3,(H,27,28)(H,29,33)(H2,26,30,34).